The molecule has 0 unspecified atom stereocenters. The summed E-state index contributed by atoms with van der Waals surface area (Å²) in [5.74, 6) is -0.154. The van der Waals surface area contributed by atoms with Crippen molar-refractivity contribution in [2.24, 2.45) is 0 Å². The third kappa shape index (κ3) is 3.03. The van der Waals surface area contributed by atoms with E-state index in [1.807, 2.05) is 0 Å². The Morgan fingerprint density at radius 1 is 1.10 bits per heavy atom. The molecule has 2 aromatic rings. The Kier molecular flexibility index (Phi) is 4.55. The fraction of sp³-hybridized carbons (Fsp3) is 0.133. The molecule has 0 heterocycles. The van der Waals surface area contributed by atoms with Crippen molar-refractivity contribution in [2.75, 3.05) is 19.5 Å². The summed E-state index contributed by atoms with van der Waals surface area (Å²) in [5, 5.41) is 12.5. The van der Waals surface area contributed by atoms with Gasteiger partial charge in [-0.1, -0.05) is 23.7 Å². The molecule has 21 heavy (non-hydrogen) atoms. The average molecular weight is 308 g/mol. The standard InChI is InChI=1S/C15H14ClNO4/c1-20-12-8-7-11(14(21-2)13(12)16)17-10-6-4-3-5-9(10)15(18)19/h3-8,17H,1-2H3,(H,18,19). The number of rotatable bonds is 5. The first kappa shape index (κ1) is 15.0. The van der Waals surface area contributed by atoms with Gasteiger partial charge >= 0.3 is 5.97 Å². The number of ether oxygens (including phenoxy) is 2. The van der Waals surface area contributed by atoms with Gasteiger partial charge in [0.1, 0.15) is 10.8 Å². The molecule has 2 N–H and O–H groups in total. The van der Waals surface area contributed by atoms with Crippen LogP contribution in [0.5, 0.6) is 11.5 Å². The topological polar surface area (TPSA) is 67.8 Å². The summed E-state index contributed by atoms with van der Waals surface area (Å²) >= 11 is 6.18. The van der Waals surface area contributed by atoms with Crippen LogP contribution < -0.4 is 14.8 Å². The molecule has 0 aliphatic rings. The summed E-state index contributed by atoms with van der Waals surface area (Å²) in [6.07, 6.45) is 0. The molecule has 0 spiro atoms. The van der Waals surface area contributed by atoms with Crippen molar-refractivity contribution < 1.29 is 19.4 Å². The number of anilines is 2. The van der Waals surface area contributed by atoms with Crippen LogP contribution in [0.4, 0.5) is 11.4 Å². The van der Waals surface area contributed by atoms with Gasteiger partial charge in [-0.2, -0.15) is 0 Å². The van der Waals surface area contributed by atoms with Gasteiger partial charge in [0.25, 0.3) is 0 Å². The lowest BCUT2D eigenvalue weighted by molar-refractivity contribution is 0.0698. The second kappa shape index (κ2) is 6.37. The van der Waals surface area contributed by atoms with Gasteiger partial charge in [-0.25, -0.2) is 4.79 Å². The summed E-state index contributed by atoms with van der Waals surface area (Å²) in [7, 11) is 2.99. The van der Waals surface area contributed by atoms with Crippen LogP contribution in [0.3, 0.4) is 0 Å². The average Bonchev–Trinajstić information content (AvgIpc) is 2.48. The maximum Gasteiger partial charge on any atom is 0.337 e. The maximum atomic E-state index is 11.2. The van der Waals surface area contributed by atoms with Crippen molar-refractivity contribution in [1.82, 2.24) is 0 Å². The number of methoxy groups -OCH3 is 2. The predicted octanol–water partition coefficient (Wildman–Crippen LogP) is 3.80. The number of carboxylic acids is 1. The summed E-state index contributed by atoms with van der Waals surface area (Å²) in [4.78, 5) is 11.2. The minimum absolute atomic E-state index is 0.159. The van der Waals surface area contributed by atoms with Crippen molar-refractivity contribution in [3.05, 3.63) is 47.0 Å². The molecule has 110 valence electrons. The molecule has 0 amide bonds. The molecular weight excluding hydrogens is 294 g/mol. The Morgan fingerprint density at radius 2 is 1.81 bits per heavy atom. The molecule has 2 aromatic carbocycles. The second-order valence-corrected chi connectivity index (χ2v) is 4.52. The van der Waals surface area contributed by atoms with Crippen molar-refractivity contribution in [3.63, 3.8) is 0 Å². The molecule has 0 aliphatic carbocycles. The Balaban J connectivity index is 2.45. The zero-order chi connectivity index (χ0) is 15.4. The molecule has 0 aromatic heterocycles. The number of aromatic carboxylic acids is 1. The highest BCUT2D eigenvalue weighted by molar-refractivity contribution is 6.34. The Labute approximate surface area is 127 Å². The van der Waals surface area contributed by atoms with E-state index >= 15 is 0 Å². The van der Waals surface area contributed by atoms with Gasteiger partial charge in [-0.3, -0.25) is 0 Å². The molecule has 0 bridgehead atoms. The third-order valence-electron chi connectivity index (χ3n) is 2.91. The number of carboxylic acid groups (broad SMARTS) is 1. The predicted molar refractivity (Wildman–Crippen MR) is 81.2 cm³/mol. The van der Waals surface area contributed by atoms with Crippen molar-refractivity contribution >= 4 is 28.9 Å². The van der Waals surface area contributed by atoms with Gasteiger partial charge in [-0.15, -0.1) is 0 Å². The highest BCUT2D eigenvalue weighted by Gasteiger charge is 2.15. The fourth-order valence-electron chi connectivity index (χ4n) is 1.92. The second-order valence-electron chi connectivity index (χ2n) is 4.14. The van der Waals surface area contributed by atoms with Crippen LogP contribution in [0.25, 0.3) is 0 Å². The summed E-state index contributed by atoms with van der Waals surface area (Å²) in [5.41, 5.74) is 1.16. The van der Waals surface area contributed by atoms with Crippen molar-refractivity contribution in [2.45, 2.75) is 0 Å². The molecule has 0 radical (unpaired) electrons. The molecule has 0 atom stereocenters. The Morgan fingerprint density at radius 3 is 2.43 bits per heavy atom. The minimum Gasteiger partial charge on any atom is -0.495 e. The van der Waals surface area contributed by atoms with E-state index in [2.05, 4.69) is 5.32 Å². The van der Waals surface area contributed by atoms with Gasteiger partial charge in [0.2, 0.25) is 0 Å². The fourth-order valence-corrected chi connectivity index (χ4v) is 2.24. The van der Waals surface area contributed by atoms with Crippen molar-refractivity contribution in [1.29, 1.82) is 0 Å². The lowest BCUT2D eigenvalue weighted by atomic mass is 10.1. The third-order valence-corrected chi connectivity index (χ3v) is 3.27. The Bertz CT molecular complexity index is 673. The molecule has 5 nitrogen and oxygen atoms in total. The van der Waals surface area contributed by atoms with E-state index in [0.717, 1.165) is 0 Å². The lowest BCUT2D eigenvalue weighted by Crippen LogP contribution is -2.03. The van der Waals surface area contributed by atoms with Gasteiger partial charge < -0.3 is 19.9 Å². The normalized spacial score (nSPS) is 10.0. The monoisotopic (exact) mass is 307 g/mol. The summed E-state index contributed by atoms with van der Waals surface area (Å²) in [6, 6.07) is 9.97. The van der Waals surface area contributed by atoms with Crippen LogP contribution in [0.2, 0.25) is 5.02 Å². The smallest absolute Gasteiger partial charge is 0.337 e. The lowest BCUT2D eigenvalue weighted by Gasteiger charge is -2.15. The zero-order valence-electron chi connectivity index (χ0n) is 11.5. The Hall–Kier alpha value is -2.40. The molecular formula is C15H14ClNO4. The van der Waals surface area contributed by atoms with Crippen LogP contribution in [0.15, 0.2) is 36.4 Å². The summed E-state index contributed by atoms with van der Waals surface area (Å²) in [6.45, 7) is 0. The molecule has 0 aliphatic heterocycles. The zero-order valence-corrected chi connectivity index (χ0v) is 12.3. The van der Waals surface area contributed by atoms with E-state index in [0.29, 0.717) is 27.9 Å². The SMILES string of the molecule is COc1ccc(Nc2ccccc2C(=O)O)c(OC)c1Cl. The van der Waals surface area contributed by atoms with Gasteiger partial charge in [0, 0.05) is 0 Å². The van der Waals surface area contributed by atoms with E-state index in [4.69, 9.17) is 21.1 Å². The molecule has 0 saturated carbocycles. The van der Waals surface area contributed by atoms with Crippen LogP contribution in [0.1, 0.15) is 10.4 Å². The number of hydrogen-bond donors (Lipinski definition) is 2. The van der Waals surface area contributed by atoms with Crippen LogP contribution in [-0.4, -0.2) is 25.3 Å². The van der Waals surface area contributed by atoms with Gasteiger partial charge in [0.15, 0.2) is 5.75 Å². The number of halogens is 1. The van der Waals surface area contributed by atoms with Crippen LogP contribution in [0, 0.1) is 0 Å². The van der Waals surface area contributed by atoms with E-state index in [-0.39, 0.29) is 5.56 Å². The first-order valence-electron chi connectivity index (χ1n) is 6.08. The highest BCUT2D eigenvalue weighted by Crippen LogP contribution is 2.41. The number of para-hydroxylation sites is 1. The quantitative estimate of drug-likeness (QED) is 0.879. The van der Waals surface area contributed by atoms with Crippen LogP contribution in [-0.2, 0) is 0 Å². The number of nitrogens with one attached hydrogen (secondary N) is 1. The van der Waals surface area contributed by atoms with E-state index in [1.54, 1.807) is 30.3 Å². The van der Waals surface area contributed by atoms with Crippen molar-refractivity contribution in [3.8, 4) is 11.5 Å². The molecule has 0 fully saturated rings. The first-order chi connectivity index (χ1) is 10.1. The van der Waals surface area contributed by atoms with E-state index in [1.165, 1.54) is 20.3 Å². The van der Waals surface area contributed by atoms with Gasteiger partial charge in [0.05, 0.1) is 31.2 Å². The van der Waals surface area contributed by atoms with E-state index in [9.17, 15) is 9.90 Å². The van der Waals surface area contributed by atoms with Gasteiger partial charge in [-0.05, 0) is 24.3 Å². The summed E-state index contributed by atoms with van der Waals surface area (Å²) < 4.78 is 10.4. The number of benzene rings is 2. The maximum absolute atomic E-state index is 11.2. The van der Waals surface area contributed by atoms with Crippen LogP contribution >= 0.6 is 11.6 Å². The minimum atomic E-state index is -1.02. The van der Waals surface area contributed by atoms with E-state index < -0.39 is 5.97 Å². The molecule has 6 heteroatoms. The largest absolute Gasteiger partial charge is 0.495 e. The molecule has 2 rings (SSSR count). The number of hydrogen-bond acceptors (Lipinski definition) is 4. The number of carbonyl (C=O) groups is 1. The molecule has 0 saturated heterocycles. The highest BCUT2D eigenvalue weighted by atomic mass is 35.5. The first-order valence-corrected chi connectivity index (χ1v) is 6.46.